The fourth-order valence-corrected chi connectivity index (χ4v) is 4.63. The SMILES string of the molecule is CC1CCCN(S(=O)(=O)c2cccc(OC(F)(F)F)c2)C1CN. The molecule has 0 radical (unpaired) electrons. The van der Waals surface area contributed by atoms with Gasteiger partial charge in [0.1, 0.15) is 5.75 Å². The van der Waals surface area contributed by atoms with Crippen LogP contribution < -0.4 is 10.5 Å². The first-order valence-electron chi connectivity index (χ1n) is 7.23. The summed E-state index contributed by atoms with van der Waals surface area (Å²) in [7, 11) is -3.93. The molecule has 1 aromatic carbocycles. The molecule has 1 saturated heterocycles. The van der Waals surface area contributed by atoms with Crippen LogP contribution in [0.15, 0.2) is 29.2 Å². The van der Waals surface area contributed by atoms with E-state index < -0.39 is 22.1 Å². The van der Waals surface area contributed by atoms with Crippen LogP contribution in [-0.4, -0.2) is 38.2 Å². The van der Waals surface area contributed by atoms with Gasteiger partial charge in [-0.2, -0.15) is 4.31 Å². The van der Waals surface area contributed by atoms with E-state index in [-0.39, 0.29) is 23.4 Å². The van der Waals surface area contributed by atoms with E-state index >= 15 is 0 Å². The van der Waals surface area contributed by atoms with Gasteiger partial charge in [0.05, 0.1) is 4.90 Å². The summed E-state index contributed by atoms with van der Waals surface area (Å²) in [4.78, 5) is -0.230. The molecule has 0 aromatic heterocycles. The highest BCUT2D eigenvalue weighted by molar-refractivity contribution is 7.89. The molecule has 0 amide bonds. The normalized spacial score (nSPS) is 23.7. The maximum atomic E-state index is 12.8. The van der Waals surface area contributed by atoms with Gasteiger partial charge in [-0.15, -0.1) is 13.2 Å². The van der Waals surface area contributed by atoms with Gasteiger partial charge < -0.3 is 10.5 Å². The number of nitrogens with zero attached hydrogens (tertiary/aromatic N) is 1. The maximum absolute atomic E-state index is 12.8. The van der Waals surface area contributed by atoms with Gasteiger partial charge in [0.25, 0.3) is 0 Å². The molecule has 23 heavy (non-hydrogen) atoms. The van der Waals surface area contributed by atoms with Crippen molar-refractivity contribution in [3.63, 3.8) is 0 Å². The number of rotatable bonds is 4. The van der Waals surface area contributed by atoms with Crippen molar-refractivity contribution in [1.29, 1.82) is 0 Å². The third-order valence-electron chi connectivity index (χ3n) is 3.95. The Balaban J connectivity index is 2.34. The van der Waals surface area contributed by atoms with Crippen LogP contribution in [-0.2, 0) is 10.0 Å². The summed E-state index contributed by atoms with van der Waals surface area (Å²) in [6.45, 7) is 2.39. The fraction of sp³-hybridized carbons (Fsp3) is 0.571. The van der Waals surface area contributed by atoms with Gasteiger partial charge in [-0.05, 0) is 30.9 Å². The standard InChI is InChI=1S/C14H19F3N2O3S/c1-10-4-3-7-19(13(10)9-18)23(20,21)12-6-2-5-11(8-12)22-14(15,16)17/h2,5-6,8,10,13H,3-4,7,9,18H2,1H3. The third-order valence-corrected chi connectivity index (χ3v) is 5.87. The van der Waals surface area contributed by atoms with E-state index in [4.69, 9.17) is 5.73 Å². The number of hydrogen-bond donors (Lipinski definition) is 1. The zero-order valence-corrected chi connectivity index (χ0v) is 13.4. The van der Waals surface area contributed by atoms with Crippen molar-refractivity contribution in [1.82, 2.24) is 4.31 Å². The van der Waals surface area contributed by atoms with Gasteiger partial charge >= 0.3 is 6.36 Å². The zero-order valence-electron chi connectivity index (χ0n) is 12.6. The van der Waals surface area contributed by atoms with Crippen LogP contribution in [0.2, 0.25) is 0 Å². The average Bonchev–Trinajstić information content (AvgIpc) is 2.45. The summed E-state index contributed by atoms with van der Waals surface area (Å²) in [5.41, 5.74) is 5.69. The first-order valence-corrected chi connectivity index (χ1v) is 8.67. The van der Waals surface area contributed by atoms with Crippen LogP contribution in [0.3, 0.4) is 0 Å². The van der Waals surface area contributed by atoms with Crippen LogP contribution in [0, 0.1) is 5.92 Å². The molecule has 0 saturated carbocycles. The molecule has 0 spiro atoms. The molecule has 130 valence electrons. The van der Waals surface area contributed by atoms with Crippen molar-refractivity contribution in [2.45, 2.75) is 37.1 Å². The van der Waals surface area contributed by atoms with E-state index in [2.05, 4.69) is 4.74 Å². The Morgan fingerprint density at radius 2 is 2.09 bits per heavy atom. The van der Waals surface area contributed by atoms with Gasteiger partial charge in [-0.25, -0.2) is 8.42 Å². The van der Waals surface area contributed by atoms with Gasteiger partial charge in [0.2, 0.25) is 10.0 Å². The number of hydrogen-bond acceptors (Lipinski definition) is 4. The van der Waals surface area contributed by atoms with Crippen molar-refractivity contribution in [2.75, 3.05) is 13.1 Å². The summed E-state index contributed by atoms with van der Waals surface area (Å²) < 4.78 is 67.5. The van der Waals surface area contributed by atoms with Crippen molar-refractivity contribution >= 4 is 10.0 Å². The van der Waals surface area contributed by atoms with E-state index in [1.807, 2.05) is 6.92 Å². The number of piperidine rings is 1. The molecule has 1 aromatic rings. The van der Waals surface area contributed by atoms with E-state index in [1.165, 1.54) is 16.4 Å². The second-order valence-electron chi connectivity index (χ2n) is 5.56. The van der Waals surface area contributed by atoms with Crippen LogP contribution in [0.25, 0.3) is 0 Å². The molecule has 0 aliphatic carbocycles. The number of nitrogens with two attached hydrogens (primary N) is 1. The Hall–Kier alpha value is -1.32. The molecule has 2 rings (SSSR count). The van der Waals surface area contributed by atoms with E-state index in [0.29, 0.717) is 13.0 Å². The van der Waals surface area contributed by atoms with Crippen molar-refractivity contribution in [3.05, 3.63) is 24.3 Å². The van der Waals surface area contributed by atoms with Crippen LogP contribution >= 0.6 is 0 Å². The minimum Gasteiger partial charge on any atom is -0.406 e. The second kappa shape index (κ2) is 6.66. The molecule has 9 heteroatoms. The monoisotopic (exact) mass is 352 g/mol. The fourth-order valence-electron chi connectivity index (χ4n) is 2.83. The van der Waals surface area contributed by atoms with E-state index in [1.54, 1.807) is 0 Å². The van der Waals surface area contributed by atoms with Gasteiger partial charge in [0.15, 0.2) is 0 Å². The largest absolute Gasteiger partial charge is 0.573 e. The first kappa shape index (κ1) is 18.0. The van der Waals surface area contributed by atoms with Crippen molar-refractivity contribution in [2.24, 2.45) is 11.7 Å². The quantitative estimate of drug-likeness (QED) is 0.903. The number of ether oxygens (including phenoxy) is 1. The molecule has 1 fully saturated rings. The molecular weight excluding hydrogens is 333 g/mol. The predicted molar refractivity (Wildman–Crippen MR) is 78.3 cm³/mol. The Kier molecular flexibility index (Phi) is 5.22. The number of benzene rings is 1. The Bertz CT molecular complexity index is 649. The molecule has 2 unspecified atom stereocenters. The molecule has 2 atom stereocenters. The molecule has 1 aliphatic rings. The minimum atomic E-state index is -4.87. The highest BCUT2D eigenvalue weighted by Crippen LogP contribution is 2.31. The summed E-state index contributed by atoms with van der Waals surface area (Å²) in [5.74, 6) is -0.467. The van der Waals surface area contributed by atoms with E-state index in [0.717, 1.165) is 18.6 Å². The second-order valence-corrected chi connectivity index (χ2v) is 7.45. The lowest BCUT2D eigenvalue weighted by Crippen LogP contribution is -2.51. The molecule has 5 nitrogen and oxygen atoms in total. The minimum absolute atomic E-state index is 0.0955. The van der Waals surface area contributed by atoms with Crippen LogP contribution in [0.1, 0.15) is 19.8 Å². The Labute approximate surface area is 133 Å². The van der Waals surface area contributed by atoms with Gasteiger partial charge in [-0.3, -0.25) is 0 Å². The molecular formula is C14H19F3N2O3S. The van der Waals surface area contributed by atoms with Crippen molar-refractivity contribution in [3.8, 4) is 5.75 Å². The average molecular weight is 352 g/mol. The van der Waals surface area contributed by atoms with E-state index in [9.17, 15) is 21.6 Å². The molecule has 1 aliphatic heterocycles. The molecule has 1 heterocycles. The number of sulfonamides is 1. The van der Waals surface area contributed by atoms with Crippen LogP contribution in [0.4, 0.5) is 13.2 Å². The lowest BCUT2D eigenvalue weighted by atomic mass is 9.93. The lowest BCUT2D eigenvalue weighted by Gasteiger charge is -2.38. The van der Waals surface area contributed by atoms with Gasteiger partial charge in [-0.1, -0.05) is 13.0 Å². The third kappa shape index (κ3) is 4.15. The summed E-state index contributed by atoms with van der Waals surface area (Å²) >= 11 is 0. The first-order chi connectivity index (χ1) is 10.6. The zero-order chi connectivity index (χ0) is 17.3. The molecule has 0 bridgehead atoms. The Morgan fingerprint density at radius 1 is 1.39 bits per heavy atom. The summed E-state index contributed by atoms with van der Waals surface area (Å²) in [5, 5.41) is 0. The lowest BCUT2D eigenvalue weighted by molar-refractivity contribution is -0.274. The molecule has 2 N–H and O–H groups in total. The number of halogens is 3. The predicted octanol–water partition coefficient (Wildman–Crippen LogP) is 2.33. The summed E-state index contributed by atoms with van der Waals surface area (Å²) in [6, 6.07) is 4.06. The van der Waals surface area contributed by atoms with Gasteiger partial charge in [0, 0.05) is 25.2 Å². The Morgan fingerprint density at radius 3 is 2.70 bits per heavy atom. The maximum Gasteiger partial charge on any atom is 0.573 e. The topological polar surface area (TPSA) is 72.6 Å². The highest BCUT2D eigenvalue weighted by Gasteiger charge is 2.37. The smallest absolute Gasteiger partial charge is 0.406 e. The summed E-state index contributed by atoms with van der Waals surface area (Å²) in [6.07, 6.45) is -3.32. The van der Waals surface area contributed by atoms with Crippen molar-refractivity contribution < 1.29 is 26.3 Å². The highest BCUT2D eigenvalue weighted by atomic mass is 32.2. The number of alkyl halides is 3. The van der Waals surface area contributed by atoms with Crippen LogP contribution in [0.5, 0.6) is 5.75 Å².